The quantitative estimate of drug-likeness (QED) is 0.917. The minimum absolute atomic E-state index is 0.306. The van der Waals surface area contributed by atoms with Crippen LogP contribution in [0, 0.1) is 0 Å². The fourth-order valence-corrected chi connectivity index (χ4v) is 2.01. The summed E-state index contributed by atoms with van der Waals surface area (Å²) < 4.78 is 43.4. The van der Waals surface area contributed by atoms with E-state index in [9.17, 15) is 13.2 Å². The molecule has 2 N–H and O–H groups in total. The van der Waals surface area contributed by atoms with E-state index in [0.717, 1.165) is 24.3 Å². The molecule has 2 rings (SSSR count). The lowest BCUT2D eigenvalue weighted by atomic mass is 10.0. The van der Waals surface area contributed by atoms with Crippen LogP contribution in [0.2, 0.25) is 0 Å². The molecule has 2 aromatic rings. The summed E-state index contributed by atoms with van der Waals surface area (Å²) in [6.45, 7) is 1.96. The van der Waals surface area contributed by atoms with Crippen molar-refractivity contribution >= 4 is 0 Å². The molecule has 2 nitrogen and oxygen atoms in total. The molecule has 1 atom stereocenters. The van der Waals surface area contributed by atoms with Crippen LogP contribution in [-0.4, -0.2) is 0 Å². The third-order valence-electron chi connectivity index (χ3n) is 3.11. The van der Waals surface area contributed by atoms with Gasteiger partial charge in [-0.3, -0.25) is 0 Å². The molecule has 0 spiro atoms. The van der Waals surface area contributed by atoms with Crippen LogP contribution in [-0.2, 0) is 19.0 Å². The van der Waals surface area contributed by atoms with Gasteiger partial charge in [-0.15, -0.1) is 0 Å². The van der Waals surface area contributed by atoms with Gasteiger partial charge in [-0.2, -0.15) is 13.2 Å². The van der Waals surface area contributed by atoms with E-state index in [4.69, 9.17) is 10.2 Å². The van der Waals surface area contributed by atoms with Crippen LogP contribution < -0.4 is 5.73 Å². The van der Waals surface area contributed by atoms with Crippen LogP contribution in [0.4, 0.5) is 13.2 Å². The molecule has 20 heavy (non-hydrogen) atoms. The first-order valence-electron chi connectivity index (χ1n) is 6.40. The Morgan fingerprint density at radius 2 is 1.95 bits per heavy atom. The summed E-state index contributed by atoms with van der Waals surface area (Å²) in [6, 6.07) is 8.38. The van der Waals surface area contributed by atoms with E-state index in [1.54, 1.807) is 12.1 Å². The number of furan rings is 1. The first-order chi connectivity index (χ1) is 9.40. The number of rotatable bonds is 4. The molecule has 0 amide bonds. The van der Waals surface area contributed by atoms with E-state index >= 15 is 0 Å². The smallest absolute Gasteiger partial charge is 0.416 e. The highest BCUT2D eigenvalue weighted by Crippen LogP contribution is 2.30. The SMILES string of the molecule is CCc1ccc(C(N)Cc2cccc(C(F)(F)F)c2)o1. The molecule has 1 aromatic heterocycles. The van der Waals surface area contributed by atoms with Crippen molar-refractivity contribution < 1.29 is 17.6 Å². The zero-order chi connectivity index (χ0) is 14.8. The summed E-state index contributed by atoms with van der Waals surface area (Å²) in [4.78, 5) is 0. The third kappa shape index (κ3) is 3.42. The van der Waals surface area contributed by atoms with Crippen molar-refractivity contribution in [1.29, 1.82) is 0 Å². The first kappa shape index (κ1) is 14.7. The monoisotopic (exact) mass is 283 g/mol. The van der Waals surface area contributed by atoms with Gasteiger partial charge in [-0.25, -0.2) is 0 Å². The summed E-state index contributed by atoms with van der Waals surface area (Å²) in [6.07, 6.45) is -3.27. The van der Waals surface area contributed by atoms with Crippen molar-refractivity contribution in [3.05, 3.63) is 59.0 Å². The molecule has 0 aliphatic carbocycles. The Kier molecular flexibility index (Phi) is 4.18. The van der Waals surface area contributed by atoms with Crippen molar-refractivity contribution in [3.63, 3.8) is 0 Å². The Morgan fingerprint density at radius 3 is 2.55 bits per heavy atom. The van der Waals surface area contributed by atoms with Gasteiger partial charge in [0.25, 0.3) is 0 Å². The van der Waals surface area contributed by atoms with E-state index in [-0.39, 0.29) is 0 Å². The van der Waals surface area contributed by atoms with Gasteiger partial charge in [-0.1, -0.05) is 25.1 Å². The van der Waals surface area contributed by atoms with Gasteiger partial charge in [0, 0.05) is 6.42 Å². The number of hydrogen-bond donors (Lipinski definition) is 1. The van der Waals surface area contributed by atoms with E-state index in [1.807, 2.05) is 13.0 Å². The van der Waals surface area contributed by atoms with Crippen molar-refractivity contribution in [1.82, 2.24) is 0 Å². The number of nitrogens with two attached hydrogens (primary N) is 1. The molecule has 0 bridgehead atoms. The first-order valence-corrected chi connectivity index (χ1v) is 6.40. The number of benzene rings is 1. The Labute approximate surface area is 115 Å². The summed E-state index contributed by atoms with van der Waals surface area (Å²) in [5.74, 6) is 1.42. The van der Waals surface area contributed by atoms with Crippen molar-refractivity contribution in [3.8, 4) is 0 Å². The predicted octanol–water partition coefficient (Wildman–Crippen LogP) is 4.10. The van der Waals surface area contributed by atoms with Crippen LogP contribution in [0.3, 0.4) is 0 Å². The number of hydrogen-bond acceptors (Lipinski definition) is 2. The van der Waals surface area contributed by atoms with Crippen molar-refractivity contribution in [2.24, 2.45) is 5.73 Å². The second kappa shape index (κ2) is 5.71. The third-order valence-corrected chi connectivity index (χ3v) is 3.11. The van der Waals surface area contributed by atoms with Gasteiger partial charge in [0.05, 0.1) is 11.6 Å². The van der Waals surface area contributed by atoms with Gasteiger partial charge in [0.15, 0.2) is 0 Å². The summed E-state index contributed by atoms with van der Waals surface area (Å²) in [7, 11) is 0. The largest absolute Gasteiger partial charge is 0.464 e. The molecule has 0 radical (unpaired) electrons. The second-order valence-electron chi connectivity index (χ2n) is 4.67. The highest BCUT2D eigenvalue weighted by atomic mass is 19.4. The van der Waals surface area contributed by atoms with Crippen molar-refractivity contribution in [2.45, 2.75) is 32.0 Å². The van der Waals surface area contributed by atoms with E-state index in [0.29, 0.717) is 17.7 Å². The zero-order valence-electron chi connectivity index (χ0n) is 11.1. The second-order valence-corrected chi connectivity index (χ2v) is 4.67. The molecule has 0 saturated heterocycles. The average molecular weight is 283 g/mol. The van der Waals surface area contributed by atoms with Gasteiger partial charge in [0.2, 0.25) is 0 Å². The molecule has 0 aliphatic heterocycles. The van der Waals surface area contributed by atoms with E-state index in [1.165, 1.54) is 6.07 Å². The molecule has 0 saturated carbocycles. The molecule has 1 unspecified atom stereocenters. The predicted molar refractivity (Wildman–Crippen MR) is 70.2 cm³/mol. The lowest BCUT2D eigenvalue weighted by molar-refractivity contribution is -0.137. The highest BCUT2D eigenvalue weighted by molar-refractivity contribution is 5.27. The normalized spacial score (nSPS) is 13.4. The lowest BCUT2D eigenvalue weighted by Crippen LogP contribution is -2.13. The maximum Gasteiger partial charge on any atom is 0.416 e. The molecular weight excluding hydrogens is 267 g/mol. The minimum Gasteiger partial charge on any atom is -0.464 e. The minimum atomic E-state index is -4.33. The molecule has 5 heteroatoms. The summed E-state index contributed by atoms with van der Waals surface area (Å²) in [5, 5.41) is 0. The summed E-state index contributed by atoms with van der Waals surface area (Å²) >= 11 is 0. The topological polar surface area (TPSA) is 39.2 Å². The van der Waals surface area contributed by atoms with Crippen molar-refractivity contribution in [2.75, 3.05) is 0 Å². The fourth-order valence-electron chi connectivity index (χ4n) is 2.01. The number of halogens is 3. The van der Waals surface area contributed by atoms with Crippen LogP contribution in [0.5, 0.6) is 0 Å². The van der Waals surface area contributed by atoms with Crippen LogP contribution in [0.15, 0.2) is 40.8 Å². The Balaban J connectivity index is 2.13. The molecule has 1 heterocycles. The van der Waals surface area contributed by atoms with E-state index in [2.05, 4.69) is 0 Å². The molecule has 0 fully saturated rings. The summed E-state index contributed by atoms with van der Waals surface area (Å²) in [5.41, 5.74) is 5.87. The van der Waals surface area contributed by atoms with Gasteiger partial charge < -0.3 is 10.2 Å². The maximum absolute atomic E-state index is 12.6. The fraction of sp³-hybridized carbons (Fsp3) is 0.333. The van der Waals surface area contributed by atoms with Crippen LogP contribution in [0.25, 0.3) is 0 Å². The lowest BCUT2D eigenvalue weighted by Gasteiger charge is -2.11. The van der Waals surface area contributed by atoms with Crippen LogP contribution >= 0.6 is 0 Å². The zero-order valence-corrected chi connectivity index (χ0v) is 11.1. The Morgan fingerprint density at radius 1 is 1.20 bits per heavy atom. The van der Waals surface area contributed by atoms with Gasteiger partial charge in [0.1, 0.15) is 11.5 Å². The Bertz CT molecular complexity index is 574. The van der Waals surface area contributed by atoms with Gasteiger partial charge in [-0.05, 0) is 30.2 Å². The maximum atomic E-state index is 12.6. The molecule has 108 valence electrons. The number of aryl methyl sites for hydroxylation is 1. The van der Waals surface area contributed by atoms with Gasteiger partial charge >= 0.3 is 6.18 Å². The van der Waals surface area contributed by atoms with E-state index < -0.39 is 17.8 Å². The molecular formula is C15H16F3NO. The number of alkyl halides is 3. The highest BCUT2D eigenvalue weighted by Gasteiger charge is 2.30. The van der Waals surface area contributed by atoms with Crippen LogP contribution in [0.1, 0.15) is 35.6 Å². The Hall–Kier alpha value is -1.75. The average Bonchev–Trinajstić information content (AvgIpc) is 2.87. The molecule has 0 aliphatic rings. The standard InChI is InChI=1S/C15H16F3NO/c1-2-12-6-7-14(20-12)13(19)9-10-4-3-5-11(8-10)15(16,17)18/h3-8,13H,2,9,19H2,1H3. The molecule has 1 aromatic carbocycles.